The van der Waals surface area contributed by atoms with Crippen molar-refractivity contribution in [1.82, 2.24) is 0 Å². The molecular formula is C17H17IO. The largest absolute Gasteiger partial charge is 0.289 e. The minimum atomic E-state index is 0.107. The van der Waals surface area contributed by atoms with E-state index in [1.165, 1.54) is 5.56 Å². The summed E-state index contributed by atoms with van der Waals surface area (Å²) >= 11 is 2.30. The molecule has 0 saturated carbocycles. The SMILES string of the molecule is CC(C)Cc1cccc(C(=O)c2ccccc2)c1I. The van der Waals surface area contributed by atoms with Gasteiger partial charge in [0, 0.05) is 14.7 Å². The van der Waals surface area contributed by atoms with Gasteiger partial charge in [0.25, 0.3) is 0 Å². The van der Waals surface area contributed by atoms with E-state index < -0.39 is 0 Å². The van der Waals surface area contributed by atoms with Gasteiger partial charge in [0.1, 0.15) is 0 Å². The Morgan fingerprint density at radius 2 is 1.74 bits per heavy atom. The molecule has 2 heteroatoms. The molecule has 98 valence electrons. The highest BCUT2D eigenvalue weighted by Gasteiger charge is 2.14. The van der Waals surface area contributed by atoms with Gasteiger partial charge in [-0.3, -0.25) is 4.79 Å². The molecule has 0 aromatic heterocycles. The van der Waals surface area contributed by atoms with Gasteiger partial charge in [0.2, 0.25) is 0 Å². The fraction of sp³-hybridized carbons (Fsp3) is 0.235. The van der Waals surface area contributed by atoms with Crippen LogP contribution in [0.15, 0.2) is 48.5 Å². The van der Waals surface area contributed by atoms with Crippen LogP contribution in [0.2, 0.25) is 0 Å². The molecule has 0 aliphatic heterocycles. The fourth-order valence-corrected chi connectivity index (χ4v) is 2.92. The normalized spacial score (nSPS) is 10.7. The topological polar surface area (TPSA) is 17.1 Å². The number of hydrogen-bond acceptors (Lipinski definition) is 1. The first-order valence-corrected chi connectivity index (χ1v) is 7.54. The lowest BCUT2D eigenvalue weighted by atomic mass is 9.97. The first kappa shape index (κ1) is 14.3. The molecule has 0 radical (unpaired) electrons. The van der Waals surface area contributed by atoms with Gasteiger partial charge in [-0.2, -0.15) is 0 Å². The maximum Gasteiger partial charge on any atom is 0.194 e. The molecule has 0 bridgehead atoms. The molecule has 0 aliphatic carbocycles. The van der Waals surface area contributed by atoms with Crippen molar-refractivity contribution in [3.63, 3.8) is 0 Å². The predicted octanol–water partition coefficient (Wildman–Crippen LogP) is 4.72. The Hall–Kier alpha value is -1.16. The van der Waals surface area contributed by atoms with Crippen LogP contribution in [0.4, 0.5) is 0 Å². The second-order valence-electron chi connectivity index (χ2n) is 5.07. The average molecular weight is 364 g/mol. The maximum atomic E-state index is 12.5. The Bertz CT molecular complexity index is 573. The standard InChI is InChI=1S/C17H17IO/c1-12(2)11-14-9-6-10-15(16(14)18)17(19)13-7-4-3-5-8-13/h3-10,12H,11H2,1-2H3. The van der Waals surface area contributed by atoms with Crippen LogP contribution in [0.1, 0.15) is 35.3 Å². The minimum Gasteiger partial charge on any atom is -0.289 e. The summed E-state index contributed by atoms with van der Waals surface area (Å²) in [7, 11) is 0. The van der Waals surface area contributed by atoms with E-state index in [9.17, 15) is 4.79 Å². The summed E-state index contributed by atoms with van der Waals surface area (Å²) in [4.78, 5) is 12.5. The highest BCUT2D eigenvalue weighted by Crippen LogP contribution is 2.22. The number of halogens is 1. The van der Waals surface area contributed by atoms with Crippen LogP contribution in [-0.4, -0.2) is 5.78 Å². The van der Waals surface area contributed by atoms with Crippen LogP contribution < -0.4 is 0 Å². The van der Waals surface area contributed by atoms with Crippen molar-refractivity contribution < 1.29 is 4.79 Å². The molecular weight excluding hydrogens is 347 g/mol. The summed E-state index contributed by atoms with van der Waals surface area (Å²) in [5.74, 6) is 0.700. The molecule has 19 heavy (non-hydrogen) atoms. The Morgan fingerprint density at radius 3 is 2.37 bits per heavy atom. The molecule has 2 aromatic carbocycles. The summed E-state index contributed by atoms with van der Waals surface area (Å²) in [6.45, 7) is 4.39. The lowest BCUT2D eigenvalue weighted by molar-refractivity contribution is 0.103. The smallest absolute Gasteiger partial charge is 0.194 e. The van der Waals surface area contributed by atoms with Crippen LogP contribution in [0.5, 0.6) is 0 Å². The fourth-order valence-electron chi connectivity index (χ4n) is 2.10. The molecule has 0 saturated heterocycles. The predicted molar refractivity (Wildman–Crippen MR) is 87.6 cm³/mol. The first-order chi connectivity index (χ1) is 9.09. The van der Waals surface area contributed by atoms with Gasteiger partial charge in [-0.15, -0.1) is 0 Å². The van der Waals surface area contributed by atoms with Crippen molar-refractivity contribution in [2.24, 2.45) is 5.92 Å². The summed E-state index contributed by atoms with van der Waals surface area (Å²) in [6, 6.07) is 15.5. The van der Waals surface area contributed by atoms with E-state index >= 15 is 0 Å². The van der Waals surface area contributed by atoms with E-state index in [1.54, 1.807) is 0 Å². The highest BCUT2D eigenvalue weighted by atomic mass is 127. The number of benzene rings is 2. The van der Waals surface area contributed by atoms with E-state index in [1.807, 2.05) is 42.5 Å². The van der Waals surface area contributed by atoms with Crippen molar-refractivity contribution in [1.29, 1.82) is 0 Å². The van der Waals surface area contributed by atoms with Crippen LogP contribution in [-0.2, 0) is 6.42 Å². The quantitative estimate of drug-likeness (QED) is 0.567. The zero-order chi connectivity index (χ0) is 13.8. The third-order valence-corrected chi connectivity index (χ3v) is 4.26. The summed E-state index contributed by atoms with van der Waals surface area (Å²) < 4.78 is 1.09. The van der Waals surface area contributed by atoms with Gasteiger partial charge < -0.3 is 0 Å². The van der Waals surface area contributed by atoms with Crippen molar-refractivity contribution in [2.75, 3.05) is 0 Å². The van der Waals surface area contributed by atoms with E-state index in [0.717, 1.165) is 21.1 Å². The molecule has 2 aromatic rings. The molecule has 0 atom stereocenters. The van der Waals surface area contributed by atoms with Gasteiger partial charge in [0.15, 0.2) is 5.78 Å². The van der Waals surface area contributed by atoms with Crippen LogP contribution in [0.3, 0.4) is 0 Å². The van der Waals surface area contributed by atoms with E-state index in [4.69, 9.17) is 0 Å². The number of rotatable bonds is 4. The van der Waals surface area contributed by atoms with Gasteiger partial charge in [-0.05, 0) is 46.6 Å². The molecule has 0 N–H and O–H groups in total. The zero-order valence-corrected chi connectivity index (χ0v) is 13.3. The van der Waals surface area contributed by atoms with Crippen molar-refractivity contribution in [3.8, 4) is 0 Å². The average Bonchev–Trinajstić information content (AvgIpc) is 2.41. The molecule has 1 nitrogen and oxygen atoms in total. The van der Waals surface area contributed by atoms with Gasteiger partial charge in [0.05, 0.1) is 0 Å². The van der Waals surface area contributed by atoms with Gasteiger partial charge in [-0.25, -0.2) is 0 Å². The summed E-state index contributed by atoms with van der Waals surface area (Å²) in [5, 5.41) is 0. The van der Waals surface area contributed by atoms with E-state index in [0.29, 0.717) is 5.92 Å². The minimum absolute atomic E-state index is 0.107. The molecule has 0 heterocycles. The molecule has 2 rings (SSSR count). The summed E-state index contributed by atoms with van der Waals surface area (Å²) in [5.41, 5.74) is 2.82. The second-order valence-corrected chi connectivity index (χ2v) is 6.15. The van der Waals surface area contributed by atoms with Crippen molar-refractivity contribution >= 4 is 28.4 Å². The Labute approximate surface area is 128 Å². The lowest BCUT2D eigenvalue weighted by Crippen LogP contribution is -2.07. The van der Waals surface area contributed by atoms with Crippen LogP contribution in [0.25, 0.3) is 0 Å². The van der Waals surface area contributed by atoms with Crippen molar-refractivity contribution in [2.45, 2.75) is 20.3 Å². The second kappa shape index (κ2) is 6.33. The number of carbonyl (C=O) groups excluding carboxylic acids is 1. The summed E-state index contributed by atoms with van der Waals surface area (Å²) in [6.07, 6.45) is 1.01. The number of ketones is 1. The molecule has 0 fully saturated rings. The van der Waals surface area contributed by atoms with E-state index in [-0.39, 0.29) is 5.78 Å². The molecule has 0 spiro atoms. The highest BCUT2D eigenvalue weighted by molar-refractivity contribution is 14.1. The Balaban J connectivity index is 2.38. The van der Waals surface area contributed by atoms with Crippen LogP contribution >= 0.6 is 22.6 Å². The van der Waals surface area contributed by atoms with Gasteiger partial charge >= 0.3 is 0 Å². The molecule has 0 aliphatic rings. The Morgan fingerprint density at radius 1 is 1.05 bits per heavy atom. The number of carbonyl (C=O) groups is 1. The number of hydrogen-bond donors (Lipinski definition) is 0. The third kappa shape index (κ3) is 3.44. The zero-order valence-electron chi connectivity index (χ0n) is 11.2. The van der Waals surface area contributed by atoms with Gasteiger partial charge in [-0.1, -0.05) is 56.3 Å². The van der Waals surface area contributed by atoms with Crippen molar-refractivity contribution in [3.05, 3.63) is 68.8 Å². The van der Waals surface area contributed by atoms with E-state index in [2.05, 4.69) is 42.5 Å². The monoisotopic (exact) mass is 364 g/mol. The maximum absolute atomic E-state index is 12.5. The Kier molecular flexibility index (Phi) is 4.75. The lowest BCUT2D eigenvalue weighted by Gasteiger charge is -2.11. The molecule has 0 amide bonds. The first-order valence-electron chi connectivity index (χ1n) is 6.46. The van der Waals surface area contributed by atoms with Crippen LogP contribution in [0, 0.1) is 9.49 Å². The third-order valence-electron chi connectivity index (χ3n) is 2.99. The molecule has 0 unspecified atom stereocenters.